The van der Waals surface area contributed by atoms with Crippen molar-refractivity contribution in [2.45, 2.75) is 9.79 Å². The molecule has 5 aromatic rings. The van der Waals surface area contributed by atoms with E-state index in [9.17, 15) is 26.0 Å². The van der Waals surface area contributed by atoms with Gasteiger partial charge < -0.3 is 14.8 Å². The molecule has 2 heterocycles. The lowest BCUT2D eigenvalue weighted by molar-refractivity contribution is 0.102. The summed E-state index contributed by atoms with van der Waals surface area (Å²) in [6.07, 6.45) is 4.39. The molecule has 2 aromatic heterocycles. The number of halogens is 1. The zero-order valence-electron chi connectivity index (χ0n) is 21.7. The maximum Gasteiger partial charge on any atom is 0.339 e. The Morgan fingerprint density at radius 2 is 1.74 bits per heavy atom. The van der Waals surface area contributed by atoms with Crippen LogP contribution in [0, 0.1) is 5.82 Å². The Hall–Kier alpha value is -4.66. The van der Waals surface area contributed by atoms with Crippen LogP contribution in [0.1, 0.15) is 10.4 Å². The van der Waals surface area contributed by atoms with Crippen LogP contribution < -0.4 is 14.8 Å². The lowest BCUT2D eigenvalue weighted by Crippen LogP contribution is -2.13. The number of carbonyl (C=O) groups is 1. The molecule has 0 bridgehead atoms. The molecular formula is C28H21FN4O6S3. The summed E-state index contributed by atoms with van der Waals surface area (Å²) in [5, 5.41) is 7.97. The monoisotopic (exact) mass is 624 g/mol. The Labute approximate surface area is 244 Å². The second-order valence-corrected chi connectivity index (χ2v) is 13.2. The minimum Gasteiger partial charge on any atom is -0.379 e. The number of hydrogen-bond donors (Lipinski definition) is 2. The smallest absolute Gasteiger partial charge is 0.339 e. The van der Waals surface area contributed by atoms with Gasteiger partial charge in [-0.15, -0.1) is 11.3 Å². The zero-order chi connectivity index (χ0) is 29.9. The van der Waals surface area contributed by atoms with Crippen LogP contribution in [0.4, 0.5) is 20.9 Å². The van der Waals surface area contributed by atoms with Gasteiger partial charge in [-0.25, -0.2) is 17.8 Å². The van der Waals surface area contributed by atoms with Crippen molar-refractivity contribution >= 4 is 53.7 Å². The van der Waals surface area contributed by atoms with Crippen molar-refractivity contribution in [3.8, 4) is 17.0 Å². The minimum absolute atomic E-state index is 0.0136. The van der Waals surface area contributed by atoms with E-state index in [1.807, 2.05) is 11.4 Å². The third-order valence-electron chi connectivity index (χ3n) is 5.75. The van der Waals surface area contributed by atoms with Gasteiger partial charge in [0.2, 0.25) is 0 Å². The molecule has 0 spiro atoms. The third-order valence-corrected chi connectivity index (χ3v) is 8.90. The minimum atomic E-state index is -4.28. The summed E-state index contributed by atoms with van der Waals surface area (Å²) in [6, 6.07) is 17.6. The summed E-state index contributed by atoms with van der Waals surface area (Å²) in [5.41, 5.74) is 2.15. The van der Waals surface area contributed by atoms with E-state index in [2.05, 4.69) is 20.6 Å². The Balaban J connectivity index is 1.32. The maximum atomic E-state index is 13.4. The summed E-state index contributed by atoms with van der Waals surface area (Å²) >= 11 is 1.27. The standard InChI is InChI=1S/C28H21FN4O6S3/c1-41(35,36)26-12-9-21(15-24(26)32-28-33-25(17-40-28)19-4-3-13-30-16-19)31-27(34)18-7-10-22(11-8-18)39-42(37,38)23-6-2-5-20(29)14-23/h2-17H,1H3,(H,31,34)(H,32,33). The highest BCUT2D eigenvalue weighted by Crippen LogP contribution is 2.32. The van der Waals surface area contributed by atoms with Crippen LogP contribution in [-0.4, -0.2) is 39.0 Å². The Morgan fingerprint density at radius 1 is 0.952 bits per heavy atom. The molecule has 0 saturated heterocycles. The predicted molar refractivity (Wildman–Crippen MR) is 157 cm³/mol. The first kappa shape index (κ1) is 28.9. The SMILES string of the molecule is CS(=O)(=O)c1ccc(NC(=O)c2ccc(OS(=O)(=O)c3cccc(F)c3)cc2)cc1Nc1nc(-c2cccnc2)cs1. The third kappa shape index (κ3) is 6.79. The number of nitrogens with zero attached hydrogens (tertiary/aromatic N) is 2. The Kier molecular flexibility index (Phi) is 8.02. The summed E-state index contributed by atoms with van der Waals surface area (Å²) in [4.78, 5) is 21.2. The molecule has 42 heavy (non-hydrogen) atoms. The average molecular weight is 625 g/mol. The van der Waals surface area contributed by atoms with Crippen molar-refractivity contribution in [1.82, 2.24) is 9.97 Å². The van der Waals surface area contributed by atoms with Gasteiger partial charge in [0.05, 0.1) is 16.3 Å². The number of carbonyl (C=O) groups excluding carboxylic acids is 1. The van der Waals surface area contributed by atoms with Crippen LogP contribution in [0.3, 0.4) is 0 Å². The molecule has 0 saturated carbocycles. The first-order chi connectivity index (χ1) is 20.0. The van der Waals surface area contributed by atoms with Crippen LogP contribution in [-0.2, 0) is 20.0 Å². The first-order valence-electron chi connectivity index (χ1n) is 12.1. The quantitative estimate of drug-likeness (QED) is 0.203. The Bertz CT molecular complexity index is 1980. The molecule has 5 rings (SSSR count). The van der Waals surface area contributed by atoms with E-state index in [4.69, 9.17) is 4.18 Å². The van der Waals surface area contributed by atoms with E-state index < -0.39 is 31.7 Å². The van der Waals surface area contributed by atoms with Crippen molar-refractivity contribution in [1.29, 1.82) is 0 Å². The largest absolute Gasteiger partial charge is 0.379 e. The van der Waals surface area contributed by atoms with Crippen LogP contribution in [0.5, 0.6) is 5.75 Å². The lowest BCUT2D eigenvalue weighted by atomic mass is 10.2. The molecule has 0 fully saturated rings. The van der Waals surface area contributed by atoms with Gasteiger partial charge in [0.1, 0.15) is 16.5 Å². The fourth-order valence-electron chi connectivity index (χ4n) is 3.78. The number of sulfone groups is 1. The van der Waals surface area contributed by atoms with Gasteiger partial charge in [0.15, 0.2) is 15.0 Å². The number of amides is 1. The molecule has 0 aliphatic carbocycles. The highest BCUT2D eigenvalue weighted by Gasteiger charge is 2.19. The van der Waals surface area contributed by atoms with Crippen LogP contribution >= 0.6 is 11.3 Å². The van der Waals surface area contributed by atoms with Gasteiger partial charge in [-0.2, -0.15) is 8.42 Å². The van der Waals surface area contributed by atoms with Gasteiger partial charge in [0, 0.05) is 40.8 Å². The van der Waals surface area contributed by atoms with Gasteiger partial charge in [0.25, 0.3) is 5.91 Å². The van der Waals surface area contributed by atoms with Crippen LogP contribution in [0.15, 0.2) is 106 Å². The number of thiazole rings is 1. The molecule has 0 aliphatic heterocycles. The molecule has 14 heteroatoms. The number of aromatic nitrogens is 2. The van der Waals surface area contributed by atoms with Crippen molar-refractivity contribution in [3.63, 3.8) is 0 Å². The number of nitrogens with one attached hydrogen (secondary N) is 2. The Morgan fingerprint density at radius 3 is 2.43 bits per heavy atom. The van der Waals surface area contributed by atoms with Crippen molar-refractivity contribution in [3.05, 3.63) is 108 Å². The zero-order valence-corrected chi connectivity index (χ0v) is 24.1. The predicted octanol–water partition coefficient (Wildman–Crippen LogP) is 5.51. The molecule has 214 valence electrons. The summed E-state index contributed by atoms with van der Waals surface area (Å²) in [6.45, 7) is 0. The molecule has 0 atom stereocenters. The molecule has 2 N–H and O–H groups in total. The summed E-state index contributed by atoms with van der Waals surface area (Å²) in [7, 11) is -7.91. The lowest BCUT2D eigenvalue weighted by Gasteiger charge is -2.12. The molecule has 10 nitrogen and oxygen atoms in total. The normalized spacial score (nSPS) is 11.6. The van der Waals surface area contributed by atoms with Crippen molar-refractivity contribution in [2.75, 3.05) is 16.9 Å². The second kappa shape index (κ2) is 11.7. The fraction of sp³-hybridized carbons (Fsp3) is 0.0357. The van der Waals surface area contributed by atoms with Crippen molar-refractivity contribution in [2.24, 2.45) is 0 Å². The number of benzene rings is 3. The van der Waals surface area contributed by atoms with Gasteiger partial charge >= 0.3 is 10.1 Å². The summed E-state index contributed by atoms with van der Waals surface area (Å²) in [5.74, 6) is -1.34. The molecule has 0 radical (unpaired) electrons. The highest BCUT2D eigenvalue weighted by molar-refractivity contribution is 7.90. The van der Waals surface area contributed by atoms with E-state index in [1.165, 1.54) is 65.9 Å². The molecule has 0 aliphatic rings. The molecule has 3 aromatic carbocycles. The number of rotatable bonds is 9. The average Bonchev–Trinajstić information content (AvgIpc) is 3.42. The first-order valence-corrected chi connectivity index (χ1v) is 16.2. The second-order valence-electron chi connectivity index (χ2n) is 8.86. The molecule has 0 unspecified atom stereocenters. The van der Waals surface area contributed by atoms with Gasteiger partial charge in [-0.3, -0.25) is 9.78 Å². The van der Waals surface area contributed by atoms with E-state index in [0.717, 1.165) is 24.0 Å². The molecule has 1 amide bonds. The van der Waals surface area contributed by atoms with E-state index in [0.29, 0.717) is 16.5 Å². The fourth-order valence-corrected chi connectivity index (χ4v) is 6.30. The van der Waals surface area contributed by atoms with Crippen molar-refractivity contribution < 1.29 is 30.2 Å². The highest BCUT2D eigenvalue weighted by atomic mass is 32.2. The van der Waals surface area contributed by atoms with Gasteiger partial charge in [-0.05, 0) is 72.8 Å². The van der Waals surface area contributed by atoms with Crippen LogP contribution in [0.2, 0.25) is 0 Å². The topological polar surface area (TPSA) is 144 Å². The number of anilines is 3. The number of hydrogen-bond acceptors (Lipinski definition) is 10. The van der Waals surface area contributed by atoms with E-state index in [1.54, 1.807) is 18.5 Å². The van der Waals surface area contributed by atoms with E-state index >= 15 is 0 Å². The van der Waals surface area contributed by atoms with Crippen LogP contribution in [0.25, 0.3) is 11.3 Å². The maximum absolute atomic E-state index is 13.4. The van der Waals surface area contributed by atoms with E-state index in [-0.39, 0.29) is 26.8 Å². The number of pyridine rings is 1. The summed E-state index contributed by atoms with van der Waals surface area (Å²) < 4.78 is 68.2. The van der Waals surface area contributed by atoms with Gasteiger partial charge in [-0.1, -0.05) is 6.07 Å². The molecular weight excluding hydrogens is 604 g/mol.